The van der Waals surface area contributed by atoms with Crippen LogP contribution in [-0.4, -0.2) is 24.2 Å². The van der Waals surface area contributed by atoms with Gasteiger partial charge in [-0.2, -0.15) is 0 Å². The molecule has 4 heteroatoms. The molecule has 2 aliphatic heterocycles. The molecule has 2 bridgehead atoms. The summed E-state index contributed by atoms with van der Waals surface area (Å²) in [6.45, 7) is 5.48. The maximum absolute atomic E-state index is 5.98. The van der Waals surface area contributed by atoms with E-state index in [0.29, 0.717) is 24.0 Å². The second-order valence-electron chi connectivity index (χ2n) is 6.27. The van der Waals surface area contributed by atoms with E-state index in [9.17, 15) is 0 Å². The van der Waals surface area contributed by atoms with Crippen LogP contribution >= 0.6 is 11.3 Å². The molecule has 19 heavy (non-hydrogen) atoms. The van der Waals surface area contributed by atoms with E-state index >= 15 is 0 Å². The van der Waals surface area contributed by atoms with Crippen LogP contribution in [0.4, 0.5) is 0 Å². The molecule has 0 aliphatic carbocycles. The lowest BCUT2D eigenvalue weighted by Crippen LogP contribution is -2.14. The van der Waals surface area contributed by atoms with Crippen LogP contribution in [0.1, 0.15) is 54.6 Å². The average molecular weight is 280 g/mol. The molecule has 0 radical (unpaired) electrons. The Morgan fingerprint density at radius 3 is 2.84 bits per heavy atom. The molecule has 1 aromatic heterocycles. The van der Waals surface area contributed by atoms with Crippen LogP contribution in [0, 0.1) is 5.92 Å². The van der Waals surface area contributed by atoms with Gasteiger partial charge < -0.3 is 10.1 Å². The normalized spacial score (nSPS) is 29.6. The zero-order chi connectivity index (χ0) is 13.4. The molecule has 0 spiro atoms. The molecule has 3 heterocycles. The molecular weight excluding hydrogens is 256 g/mol. The van der Waals surface area contributed by atoms with E-state index in [1.54, 1.807) is 0 Å². The molecule has 2 fully saturated rings. The highest BCUT2D eigenvalue weighted by molar-refractivity contribution is 7.11. The minimum Gasteiger partial charge on any atom is -0.374 e. The number of hydrogen-bond donors (Lipinski definition) is 1. The van der Waals surface area contributed by atoms with Crippen molar-refractivity contribution < 1.29 is 4.74 Å². The van der Waals surface area contributed by atoms with Gasteiger partial charge >= 0.3 is 0 Å². The minimum atomic E-state index is 0.450. The van der Waals surface area contributed by atoms with Gasteiger partial charge in [-0.3, -0.25) is 0 Å². The number of aromatic nitrogens is 1. The smallest absolute Gasteiger partial charge is 0.0989 e. The summed E-state index contributed by atoms with van der Waals surface area (Å²) in [5.74, 6) is 1.24. The molecule has 0 aromatic carbocycles. The Labute approximate surface area is 119 Å². The lowest BCUT2D eigenvalue weighted by atomic mass is 9.90. The zero-order valence-corrected chi connectivity index (χ0v) is 12.9. The molecule has 3 atom stereocenters. The first kappa shape index (κ1) is 13.5. The number of rotatable bonds is 5. The van der Waals surface area contributed by atoms with Crippen molar-refractivity contribution in [2.45, 2.75) is 64.2 Å². The lowest BCUT2D eigenvalue weighted by molar-refractivity contribution is 0.100. The van der Waals surface area contributed by atoms with Crippen LogP contribution in [0.15, 0.2) is 0 Å². The van der Waals surface area contributed by atoms with Gasteiger partial charge in [-0.1, -0.05) is 13.8 Å². The summed E-state index contributed by atoms with van der Waals surface area (Å²) in [4.78, 5) is 6.39. The third kappa shape index (κ3) is 2.71. The molecule has 2 aliphatic rings. The molecular formula is C15H24N2OS. The number of ether oxygens (including phenoxy) is 1. The lowest BCUT2D eigenvalue weighted by Gasteiger charge is -2.15. The van der Waals surface area contributed by atoms with E-state index in [1.807, 2.05) is 18.4 Å². The fraction of sp³-hybridized carbons (Fsp3) is 0.800. The van der Waals surface area contributed by atoms with Crippen LogP contribution in [0.3, 0.4) is 0 Å². The van der Waals surface area contributed by atoms with Crippen molar-refractivity contribution in [2.24, 2.45) is 5.92 Å². The number of thiazole rings is 1. The highest BCUT2D eigenvalue weighted by Crippen LogP contribution is 2.45. The van der Waals surface area contributed by atoms with Gasteiger partial charge in [-0.05, 0) is 38.6 Å². The van der Waals surface area contributed by atoms with Crippen molar-refractivity contribution >= 4 is 11.3 Å². The van der Waals surface area contributed by atoms with Crippen LogP contribution in [0.2, 0.25) is 0 Å². The van der Waals surface area contributed by atoms with Gasteiger partial charge in [0.25, 0.3) is 0 Å². The monoisotopic (exact) mass is 280 g/mol. The first-order chi connectivity index (χ1) is 9.17. The van der Waals surface area contributed by atoms with Gasteiger partial charge in [-0.15, -0.1) is 11.3 Å². The maximum atomic E-state index is 5.98. The fourth-order valence-electron chi connectivity index (χ4n) is 3.30. The minimum absolute atomic E-state index is 0.450. The Balaban J connectivity index is 1.81. The second kappa shape index (κ2) is 5.51. The quantitative estimate of drug-likeness (QED) is 0.900. The number of hydrogen-bond acceptors (Lipinski definition) is 4. The maximum Gasteiger partial charge on any atom is 0.0989 e. The second-order valence-corrected chi connectivity index (χ2v) is 7.38. The summed E-state index contributed by atoms with van der Waals surface area (Å²) in [6.07, 6.45) is 5.74. The first-order valence-electron chi connectivity index (χ1n) is 7.46. The van der Waals surface area contributed by atoms with Crippen molar-refractivity contribution in [1.82, 2.24) is 10.3 Å². The highest BCUT2D eigenvalue weighted by Gasteiger charge is 2.43. The van der Waals surface area contributed by atoms with Crippen molar-refractivity contribution in [3.8, 4) is 0 Å². The number of nitrogens with zero attached hydrogens (tertiary/aromatic N) is 1. The predicted molar refractivity (Wildman–Crippen MR) is 78.7 cm³/mol. The Kier molecular flexibility index (Phi) is 3.92. The van der Waals surface area contributed by atoms with Gasteiger partial charge in [0.15, 0.2) is 0 Å². The van der Waals surface area contributed by atoms with E-state index in [2.05, 4.69) is 19.2 Å². The molecule has 106 valence electrons. The molecule has 0 saturated carbocycles. The molecule has 1 aromatic rings. The van der Waals surface area contributed by atoms with Gasteiger partial charge in [0.1, 0.15) is 0 Å². The molecule has 3 rings (SSSR count). The number of nitrogens with one attached hydrogen (secondary N) is 1. The van der Waals surface area contributed by atoms with Crippen molar-refractivity contribution in [2.75, 3.05) is 7.05 Å². The van der Waals surface area contributed by atoms with Crippen molar-refractivity contribution in [3.05, 3.63) is 15.6 Å². The van der Waals surface area contributed by atoms with Gasteiger partial charge in [0.2, 0.25) is 0 Å². The largest absolute Gasteiger partial charge is 0.374 e. The van der Waals surface area contributed by atoms with Gasteiger partial charge in [0.05, 0.1) is 22.9 Å². The topological polar surface area (TPSA) is 34.1 Å². The highest BCUT2D eigenvalue weighted by atomic mass is 32.1. The fourth-order valence-corrected chi connectivity index (χ4v) is 4.58. The van der Waals surface area contributed by atoms with Crippen LogP contribution in [0.25, 0.3) is 0 Å². The Hall–Kier alpha value is -0.450. The molecule has 3 unspecified atom stereocenters. The third-order valence-electron chi connectivity index (χ3n) is 4.16. The van der Waals surface area contributed by atoms with Crippen LogP contribution in [0.5, 0.6) is 0 Å². The summed E-state index contributed by atoms with van der Waals surface area (Å²) in [5.41, 5.74) is 1.31. The predicted octanol–water partition coefficient (Wildman–Crippen LogP) is 3.10. The Morgan fingerprint density at radius 2 is 2.26 bits per heavy atom. The molecule has 1 N–H and O–H groups in total. The Morgan fingerprint density at radius 1 is 1.42 bits per heavy atom. The van der Waals surface area contributed by atoms with E-state index < -0.39 is 0 Å². The van der Waals surface area contributed by atoms with Gasteiger partial charge in [-0.25, -0.2) is 4.98 Å². The zero-order valence-electron chi connectivity index (χ0n) is 12.1. The van der Waals surface area contributed by atoms with Gasteiger partial charge in [0, 0.05) is 17.3 Å². The summed E-state index contributed by atoms with van der Waals surface area (Å²) in [5, 5.41) is 4.60. The van der Waals surface area contributed by atoms with Crippen molar-refractivity contribution in [3.63, 3.8) is 0 Å². The Bertz CT molecular complexity index is 443. The van der Waals surface area contributed by atoms with E-state index in [0.717, 1.165) is 13.0 Å². The van der Waals surface area contributed by atoms with E-state index in [4.69, 9.17) is 9.72 Å². The van der Waals surface area contributed by atoms with Crippen LogP contribution < -0.4 is 5.32 Å². The summed E-state index contributed by atoms with van der Waals surface area (Å²) in [7, 11) is 2.01. The summed E-state index contributed by atoms with van der Waals surface area (Å²) < 4.78 is 5.98. The molecule has 0 amide bonds. The SMILES string of the molecule is CNCc1sc(C2CC3CCC2O3)nc1CC(C)C. The van der Waals surface area contributed by atoms with Crippen molar-refractivity contribution in [1.29, 1.82) is 0 Å². The van der Waals surface area contributed by atoms with E-state index in [1.165, 1.54) is 34.8 Å². The third-order valence-corrected chi connectivity index (χ3v) is 5.39. The summed E-state index contributed by atoms with van der Waals surface area (Å²) in [6, 6.07) is 0. The molecule has 2 saturated heterocycles. The molecule has 3 nitrogen and oxygen atoms in total. The van der Waals surface area contributed by atoms with Crippen LogP contribution in [-0.2, 0) is 17.7 Å². The summed E-state index contributed by atoms with van der Waals surface area (Å²) >= 11 is 1.91. The van der Waals surface area contributed by atoms with E-state index in [-0.39, 0.29) is 0 Å². The number of fused-ring (bicyclic) bond motifs is 2. The average Bonchev–Trinajstić information content (AvgIpc) is 3.04. The first-order valence-corrected chi connectivity index (χ1v) is 8.27. The standard InChI is InChI=1S/C15H24N2OS/c1-9(2)6-12-14(8-16-3)19-15(17-12)11-7-10-4-5-13(11)18-10/h9-11,13,16H,4-8H2,1-3H3.